The fourth-order valence-electron chi connectivity index (χ4n) is 2.08. The average Bonchev–Trinajstić information content (AvgIpc) is 2.50. The number of nitrogens with zero attached hydrogens (tertiary/aromatic N) is 1. The molecule has 5 nitrogen and oxygen atoms in total. The molecule has 0 bridgehead atoms. The zero-order valence-electron chi connectivity index (χ0n) is 13.5. The summed E-state index contributed by atoms with van der Waals surface area (Å²) in [6, 6.07) is 14.9. The molecule has 0 aliphatic heterocycles. The molecule has 0 aliphatic carbocycles. The first-order chi connectivity index (χ1) is 11.2. The monoisotopic (exact) mass is 458 g/mol. The number of anilines is 1. The normalized spacial score (nSPS) is 11.5. The number of amides is 1. The van der Waals surface area contributed by atoms with Gasteiger partial charge in [0.1, 0.15) is 0 Å². The van der Waals surface area contributed by atoms with Gasteiger partial charge < -0.3 is 5.32 Å². The van der Waals surface area contributed by atoms with Gasteiger partial charge in [-0.15, -0.1) is 0 Å². The lowest BCUT2D eigenvalue weighted by atomic mass is 10.1. The van der Waals surface area contributed by atoms with Crippen molar-refractivity contribution in [1.82, 2.24) is 4.31 Å². The first-order valence-corrected chi connectivity index (χ1v) is 10.2. The third-order valence-electron chi connectivity index (χ3n) is 3.40. The predicted octanol–water partition coefficient (Wildman–Crippen LogP) is 3.00. The van der Waals surface area contributed by atoms with Crippen molar-refractivity contribution >= 4 is 44.2 Å². The highest BCUT2D eigenvalue weighted by atomic mass is 127. The standard InChI is InChI=1S/C17H19IN2O3S/c1-13-3-5-14(6-4-13)11-20(24(2,22)23)12-17(21)19-16-9-7-15(18)8-10-16/h3-10H,11-12H2,1-2H3,(H,19,21). The second kappa shape index (κ2) is 8.09. The van der Waals surface area contributed by atoms with Gasteiger partial charge >= 0.3 is 0 Å². The van der Waals surface area contributed by atoms with E-state index in [1.165, 1.54) is 4.31 Å². The van der Waals surface area contributed by atoms with Crippen molar-refractivity contribution in [3.05, 3.63) is 63.2 Å². The Kier molecular flexibility index (Phi) is 6.36. The Hall–Kier alpha value is -1.45. The van der Waals surface area contributed by atoms with Crippen LogP contribution in [0.5, 0.6) is 0 Å². The first kappa shape index (κ1) is 18.9. The van der Waals surface area contributed by atoms with Gasteiger partial charge in [-0.25, -0.2) is 8.42 Å². The third kappa shape index (κ3) is 5.88. The molecule has 0 radical (unpaired) electrons. The number of aryl methyl sites for hydroxylation is 1. The molecule has 24 heavy (non-hydrogen) atoms. The Balaban J connectivity index is 2.06. The van der Waals surface area contributed by atoms with E-state index in [1.807, 2.05) is 43.3 Å². The smallest absolute Gasteiger partial charge is 0.239 e. The van der Waals surface area contributed by atoms with Gasteiger partial charge in [-0.1, -0.05) is 29.8 Å². The molecule has 7 heteroatoms. The van der Waals surface area contributed by atoms with Crippen LogP contribution in [0.2, 0.25) is 0 Å². The molecule has 0 saturated heterocycles. The van der Waals surface area contributed by atoms with Crippen LogP contribution in [-0.2, 0) is 21.4 Å². The second-order valence-corrected chi connectivity index (χ2v) is 8.80. The highest BCUT2D eigenvalue weighted by molar-refractivity contribution is 14.1. The molecule has 2 aromatic carbocycles. The third-order valence-corrected chi connectivity index (χ3v) is 5.31. The molecule has 0 heterocycles. The van der Waals surface area contributed by atoms with Gasteiger partial charge in [0.15, 0.2) is 0 Å². The summed E-state index contributed by atoms with van der Waals surface area (Å²) in [7, 11) is -3.50. The van der Waals surface area contributed by atoms with Crippen molar-refractivity contribution in [1.29, 1.82) is 0 Å². The van der Waals surface area contributed by atoms with Crippen molar-refractivity contribution in [2.45, 2.75) is 13.5 Å². The minimum Gasteiger partial charge on any atom is -0.325 e. The Morgan fingerprint density at radius 2 is 1.67 bits per heavy atom. The lowest BCUT2D eigenvalue weighted by Crippen LogP contribution is -2.36. The summed E-state index contributed by atoms with van der Waals surface area (Å²) < 4.78 is 26.2. The minimum absolute atomic E-state index is 0.166. The van der Waals surface area contributed by atoms with E-state index >= 15 is 0 Å². The number of nitrogens with one attached hydrogen (secondary N) is 1. The number of benzene rings is 2. The Morgan fingerprint density at radius 1 is 1.08 bits per heavy atom. The van der Waals surface area contributed by atoms with Crippen molar-refractivity contribution in [3.63, 3.8) is 0 Å². The summed E-state index contributed by atoms with van der Waals surface area (Å²) in [5.74, 6) is -0.367. The molecular formula is C17H19IN2O3S. The molecule has 0 spiro atoms. The van der Waals surface area contributed by atoms with Crippen LogP contribution in [-0.4, -0.2) is 31.4 Å². The van der Waals surface area contributed by atoms with Gasteiger partial charge in [0.25, 0.3) is 0 Å². The molecule has 1 N–H and O–H groups in total. The molecule has 0 saturated carbocycles. The molecule has 0 aliphatic rings. The number of halogens is 1. The summed E-state index contributed by atoms with van der Waals surface area (Å²) in [5.41, 5.74) is 2.58. The molecule has 0 fully saturated rings. The molecule has 0 unspecified atom stereocenters. The molecular weight excluding hydrogens is 439 g/mol. The van der Waals surface area contributed by atoms with Crippen LogP contribution in [0.3, 0.4) is 0 Å². The lowest BCUT2D eigenvalue weighted by molar-refractivity contribution is -0.116. The van der Waals surface area contributed by atoms with Gasteiger partial charge in [-0.3, -0.25) is 4.79 Å². The van der Waals surface area contributed by atoms with E-state index in [9.17, 15) is 13.2 Å². The van der Waals surface area contributed by atoms with E-state index in [4.69, 9.17) is 0 Å². The zero-order chi connectivity index (χ0) is 17.7. The van der Waals surface area contributed by atoms with Crippen LogP contribution >= 0.6 is 22.6 Å². The molecule has 2 aromatic rings. The van der Waals surface area contributed by atoms with E-state index in [2.05, 4.69) is 27.9 Å². The number of hydrogen-bond donors (Lipinski definition) is 1. The quantitative estimate of drug-likeness (QED) is 0.677. The van der Waals surface area contributed by atoms with Crippen LogP contribution in [0.1, 0.15) is 11.1 Å². The van der Waals surface area contributed by atoms with Gasteiger partial charge in [-0.05, 0) is 59.3 Å². The van der Waals surface area contributed by atoms with Gasteiger partial charge in [-0.2, -0.15) is 4.31 Å². The van der Waals surface area contributed by atoms with Crippen LogP contribution in [0, 0.1) is 10.5 Å². The largest absolute Gasteiger partial charge is 0.325 e. The van der Waals surface area contributed by atoms with E-state index < -0.39 is 10.0 Å². The van der Waals surface area contributed by atoms with E-state index in [-0.39, 0.29) is 19.0 Å². The number of rotatable bonds is 6. The van der Waals surface area contributed by atoms with Crippen molar-refractivity contribution in [2.24, 2.45) is 0 Å². The highest BCUT2D eigenvalue weighted by Crippen LogP contribution is 2.13. The number of carbonyl (C=O) groups is 1. The molecule has 2 rings (SSSR count). The number of sulfonamides is 1. The SMILES string of the molecule is Cc1ccc(CN(CC(=O)Nc2ccc(I)cc2)S(C)(=O)=O)cc1. The van der Waals surface area contributed by atoms with Crippen molar-refractivity contribution < 1.29 is 13.2 Å². The topological polar surface area (TPSA) is 66.5 Å². The van der Waals surface area contributed by atoms with E-state index in [1.54, 1.807) is 12.1 Å². The summed E-state index contributed by atoms with van der Waals surface area (Å²) in [5, 5.41) is 2.72. The maximum atomic E-state index is 12.2. The Morgan fingerprint density at radius 3 is 2.21 bits per heavy atom. The van der Waals surface area contributed by atoms with Gasteiger partial charge in [0, 0.05) is 15.8 Å². The van der Waals surface area contributed by atoms with Gasteiger partial charge in [0.2, 0.25) is 15.9 Å². The fourth-order valence-corrected chi connectivity index (χ4v) is 3.18. The molecule has 128 valence electrons. The van der Waals surface area contributed by atoms with Crippen molar-refractivity contribution in [2.75, 3.05) is 18.1 Å². The first-order valence-electron chi connectivity index (χ1n) is 7.30. The van der Waals surface area contributed by atoms with Crippen LogP contribution in [0.25, 0.3) is 0 Å². The van der Waals surface area contributed by atoms with Crippen LogP contribution < -0.4 is 5.32 Å². The fraction of sp³-hybridized carbons (Fsp3) is 0.235. The van der Waals surface area contributed by atoms with E-state index in [0.717, 1.165) is 21.0 Å². The maximum absolute atomic E-state index is 12.2. The van der Waals surface area contributed by atoms with E-state index in [0.29, 0.717) is 5.69 Å². The summed E-state index contributed by atoms with van der Waals surface area (Å²) in [6.07, 6.45) is 1.11. The van der Waals surface area contributed by atoms with Crippen molar-refractivity contribution in [3.8, 4) is 0 Å². The van der Waals surface area contributed by atoms with Crippen LogP contribution in [0.15, 0.2) is 48.5 Å². The zero-order valence-corrected chi connectivity index (χ0v) is 16.5. The number of carbonyl (C=O) groups excluding carboxylic acids is 1. The summed E-state index contributed by atoms with van der Waals surface area (Å²) in [4.78, 5) is 12.2. The number of hydrogen-bond acceptors (Lipinski definition) is 3. The highest BCUT2D eigenvalue weighted by Gasteiger charge is 2.20. The van der Waals surface area contributed by atoms with Crippen LogP contribution in [0.4, 0.5) is 5.69 Å². The molecule has 0 aromatic heterocycles. The average molecular weight is 458 g/mol. The Labute approximate surface area is 156 Å². The minimum atomic E-state index is -3.50. The summed E-state index contributed by atoms with van der Waals surface area (Å²) in [6.45, 7) is 1.91. The molecule has 1 amide bonds. The second-order valence-electron chi connectivity index (χ2n) is 5.57. The molecule has 0 atom stereocenters. The predicted molar refractivity (Wildman–Crippen MR) is 104 cm³/mol. The Bertz CT molecular complexity index is 803. The maximum Gasteiger partial charge on any atom is 0.239 e. The summed E-state index contributed by atoms with van der Waals surface area (Å²) >= 11 is 2.17. The van der Waals surface area contributed by atoms with Gasteiger partial charge in [0.05, 0.1) is 12.8 Å². The lowest BCUT2D eigenvalue weighted by Gasteiger charge is -2.19.